The van der Waals surface area contributed by atoms with Crippen LogP contribution < -0.4 is 0 Å². The van der Waals surface area contributed by atoms with Crippen LogP contribution in [0.4, 0.5) is 0 Å². The Morgan fingerprint density at radius 1 is 1.46 bits per heavy atom. The molecule has 0 aliphatic heterocycles. The van der Waals surface area contributed by atoms with Gasteiger partial charge in [0.15, 0.2) is 0 Å². The van der Waals surface area contributed by atoms with Gasteiger partial charge in [-0.2, -0.15) is 12.6 Å². The molecule has 0 aromatic heterocycles. The number of carboxylic acid groups (broad SMARTS) is 1. The van der Waals surface area contributed by atoms with Gasteiger partial charge < -0.3 is 10.2 Å². The third kappa shape index (κ3) is 2.15. The Kier molecular flexibility index (Phi) is 3.19. The van der Waals surface area contributed by atoms with Gasteiger partial charge in [-0.05, 0) is 23.8 Å². The quantitative estimate of drug-likeness (QED) is 0.646. The van der Waals surface area contributed by atoms with Crippen molar-refractivity contribution in [3.05, 3.63) is 29.3 Å². The van der Waals surface area contributed by atoms with Crippen LogP contribution >= 0.6 is 12.6 Å². The van der Waals surface area contributed by atoms with E-state index in [1.807, 2.05) is 0 Å². The van der Waals surface area contributed by atoms with E-state index in [2.05, 4.69) is 12.6 Å². The van der Waals surface area contributed by atoms with Gasteiger partial charge in [0.25, 0.3) is 0 Å². The van der Waals surface area contributed by atoms with Crippen molar-refractivity contribution in [1.82, 2.24) is 0 Å². The number of carbonyl (C=O) groups is 1. The number of thiol groups is 1. The van der Waals surface area contributed by atoms with Gasteiger partial charge in [0.2, 0.25) is 0 Å². The van der Waals surface area contributed by atoms with Crippen molar-refractivity contribution in [2.75, 3.05) is 5.75 Å². The van der Waals surface area contributed by atoms with E-state index in [9.17, 15) is 9.90 Å². The first-order chi connectivity index (χ1) is 6.16. The second-order valence-corrected chi connectivity index (χ2v) is 3.04. The monoisotopic (exact) mass is 198 g/mol. The average molecular weight is 198 g/mol. The zero-order valence-corrected chi connectivity index (χ0v) is 7.79. The summed E-state index contributed by atoms with van der Waals surface area (Å²) in [6, 6.07) is 4.67. The number of aromatic carboxylic acids is 1. The van der Waals surface area contributed by atoms with Crippen LogP contribution in [0.2, 0.25) is 0 Å². The van der Waals surface area contributed by atoms with Crippen molar-refractivity contribution in [2.24, 2.45) is 0 Å². The molecule has 70 valence electrons. The predicted octanol–water partition coefficient (Wildman–Crippen LogP) is 1.56. The average Bonchev–Trinajstić information content (AvgIpc) is 2.04. The maximum absolute atomic E-state index is 10.7. The number of benzene rings is 1. The number of hydrogen-bond donors (Lipinski definition) is 3. The minimum atomic E-state index is -1.10. The Morgan fingerprint density at radius 3 is 2.69 bits per heavy atom. The molecule has 0 atom stereocenters. The molecule has 1 aromatic rings. The molecule has 0 aliphatic rings. The summed E-state index contributed by atoms with van der Waals surface area (Å²) in [4.78, 5) is 10.7. The summed E-state index contributed by atoms with van der Waals surface area (Å²) in [5, 5.41) is 18.1. The van der Waals surface area contributed by atoms with Gasteiger partial charge in [0.1, 0.15) is 11.3 Å². The molecule has 0 bridgehead atoms. The van der Waals surface area contributed by atoms with E-state index in [0.29, 0.717) is 17.7 Å². The van der Waals surface area contributed by atoms with Crippen LogP contribution in [0.3, 0.4) is 0 Å². The molecule has 13 heavy (non-hydrogen) atoms. The van der Waals surface area contributed by atoms with Gasteiger partial charge in [-0.15, -0.1) is 0 Å². The van der Waals surface area contributed by atoms with Gasteiger partial charge in [-0.3, -0.25) is 0 Å². The molecule has 1 aromatic carbocycles. The van der Waals surface area contributed by atoms with Crippen LogP contribution in [0.25, 0.3) is 0 Å². The topological polar surface area (TPSA) is 57.5 Å². The summed E-state index contributed by atoms with van der Waals surface area (Å²) in [7, 11) is 0. The maximum Gasteiger partial charge on any atom is 0.339 e. The largest absolute Gasteiger partial charge is 0.507 e. The molecule has 0 aliphatic carbocycles. The fraction of sp³-hybridized carbons (Fsp3) is 0.222. The Hall–Kier alpha value is -1.16. The molecule has 0 heterocycles. The lowest BCUT2D eigenvalue weighted by Crippen LogP contribution is -2.03. The fourth-order valence-electron chi connectivity index (χ4n) is 1.16. The van der Waals surface area contributed by atoms with E-state index < -0.39 is 5.97 Å². The Labute approximate surface area is 81.4 Å². The molecular weight excluding hydrogens is 188 g/mol. The number of hydrogen-bond acceptors (Lipinski definition) is 3. The van der Waals surface area contributed by atoms with Gasteiger partial charge in [0, 0.05) is 0 Å². The molecular formula is C9H10O3S. The SMILES string of the molecule is O=C(O)c1c(O)cccc1CCS. The number of aryl methyl sites for hydroxylation is 1. The highest BCUT2D eigenvalue weighted by atomic mass is 32.1. The summed E-state index contributed by atoms with van der Waals surface area (Å²) in [6.45, 7) is 0. The first-order valence-corrected chi connectivity index (χ1v) is 4.45. The van der Waals surface area contributed by atoms with Crippen molar-refractivity contribution in [3.8, 4) is 5.75 Å². The molecule has 0 spiro atoms. The smallest absolute Gasteiger partial charge is 0.339 e. The minimum Gasteiger partial charge on any atom is -0.507 e. The number of rotatable bonds is 3. The summed E-state index contributed by atoms with van der Waals surface area (Å²) < 4.78 is 0. The van der Waals surface area contributed by atoms with Crippen molar-refractivity contribution < 1.29 is 15.0 Å². The zero-order valence-electron chi connectivity index (χ0n) is 6.90. The molecule has 0 saturated carbocycles. The van der Waals surface area contributed by atoms with E-state index in [1.54, 1.807) is 12.1 Å². The van der Waals surface area contributed by atoms with Crippen molar-refractivity contribution >= 4 is 18.6 Å². The molecule has 0 unspecified atom stereocenters. The van der Waals surface area contributed by atoms with Crippen molar-refractivity contribution in [2.45, 2.75) is 6.42 Å². The highest BCUT2D eigenvalue weighted by molar-refractivity contribution is 7.80. The molecule has 0 saturated heterocycles. The highest BCUT2D eigenvalue weighted by Gasteiger charge is 2.13. The van der Waals surface area contributed by atoms with E-state index in [1.165, 1.54) is 6.07 Å². The summed E-state index contributed by atoms with van der Waals surface area (Å²) >= 11 is 4.01. The summed E-state index contributed by atoms with van der Waals surface area (Å²) in [5.41, 5.74) is 0.596. The molecule has 0 amide bonds. The van der Waals surface area contributed by atoms with Crippen molar-refractivity contribution in [1.29, 1.82) is 0 Å². The maximum atomic E-state index is 10.7. The van der Waals surface area contributed by atoms with E-state index in [4.69, 9.17) is 5.11 Å². The lowest BCUT2D eigenvalue weighted by Gasteiger charge is -2.05. The highest BCUT2D eigenvalue weighted by Crippen LogP contribution is 2.21. The van der Waals surface area contributed by atoms with Crippen LogP contribution in [0.1, 0.15) is 15.9 Å². The first-order valence-electron chi connectivity index (χ1n) is 3.82. The fourth-order valence-corrected chi connectivity index (χ4v) is 1.40. The molecule has 3 nitrogen and oxygen atoms in total. The number of carboxylic acids is 1. The second kappa shape index (κ2) is 4.18. The Morgan fingerprint density at radius 2 is 2.15 bits per heavy atom. The predicted molar refractivity (Wildman–Crippen MR) is 52.6 cm³/mol. The molecule has 2 N–H and O–H groups in total. The second-order valence-electron chi connectivity index (χ2n) is 2.59. The third-order valence-electron chi connectivity index (χ3n) is 1.72. The lowest BCUT2D eigenvalue weighted by atomic mass is 10.0. The van der Waals surface area contributed by atoms with Crippen LogP contribution in [0.15, 0.2) is 18.2 Å². The Balaban J connectivity index is 3.17. The standard InChI is InChI=1S/C9H10O3S/c10-7-3-1-2-6(4-5-13)8(7)9(11)12/h1-3,10,13H,4-5H2,(H,11,12). The van der Waals surface area contributed by atoms with Gasteiger partial charge in [-0.1, -0.05) is 12.1 Å². The lowest BCUT2D eigenvalue weighted by molar-refractivity contribution is 0.0692. The number of aromatic hydroxyl groups is 1. The Bertz CT molecular complexity index is 323. The molecule has 4 heteroatoms. The van der Waals surface area contributed by atoms with Crippen LogP contribution in [0.5, 0.6) is 5.75 Å². The van der Waals surface area contributed by atoms with Gasteiger partial charge in [0.05, 0.1) is 0 Å². The van der Waals surface area contributed by atoms with Gasteiger partial charge >= 0.3 is 5.97 Å². The van der Waals surface area contributed by atoms with E-state index in [-0.39, 0.29) is 11.3 Å². The summed E-state index contributed by atoms with van der Waals surface area (Å²) in [5.74, 6) is -0.731. The van der Waals surface area contributed by atoms with Crippen LogP contribution in [0, 0.1) is 0 Å². The zero-order chi connectivity index (χ0) is 9.84. The minimum absolute atomic E-state index is 0.0171. The first kappa shape index (κ1) is 9.92. The van der Waals surface area contributed by atoms with Crippen molar-refractivity contribution in [3.63, 3.8) is 0 Å². The van der Waals surface area contributed by atoms with Crippen LogP contribution in [-0.2, 0) is 6.42 Å². The van der Waals surface area contributed by atoms with Crippen LogP contribution in [-0.4, -0.2) is 21.9 Å². The van der Waals surface area contributed by atoms with E-state index in [0.717, 1.165) is 0 Å². The number of phenols is 1. The molecule has 1 rings (SSSR count). The molecule has 0 radical (unpaired) electrons. The third-order valence-corrected chi connectivity index (χ3v) is 1.95. The molecule has 0 fully saturated rings. The van der Waals surface area contributed by atoms with E-state index >= 15 is 0 Å². The van der Waals surface area contributed by atoms with Gasteiger partial charge in [-0.25, -0.2) is 4.79 Å². The summed E-state index contributed by atoms with van der Waals surface area (Å²) in [6.07, 6.45) is 0.541. The normalized spacial score (nSPS) is 9.92.